The highest BCUT2D eigenvalue weighted by atomic mass is 19.4. The molecule has 0 radical (unpaired) electrons. The van der Waals surface area contributed by atoms with E-state index in [1.807, 2.05) is 24.1 Å². The van der Waals surface area contributed by atoms with Gasteiger partial charge in [0.25, 0.3) is 0 Å². The molecule has 0 bridgehead atoms. The average Bonchev–Trinajstić information content (AvgIpc) is 3.99. The van der Waals surface area contributed by atoms with E-state index >= 15 is 0 Å². The molecule has 2 atom stereocenters. The summed E-state index contributed by atoms with van der Waals surface area (Å²) in [6.07, 6.45) is 1.45. The van der Waals surface area contributed by atoms with Crippen LogP contribution in [0, 0.1) is 12.3 Å². The van der Waals surface area contributed by atoms with Crippen LogP contribution in [-0.4, -0.2) is 90.5 Å². The molecule has 3 heterocycles. The van der Waals surface area contributed by atoms with Gasteiger partial charge in [-0.1, -0.05) is 12.1 Å². The second kappa shape index (κ2) is 18.1. The molecule has 3 aliphatic rings. The number of ether oxygens (including phenoxy) is 2. The van der Waals surface area contributed by atoms with Gasteiger partial charge in [0.15, 0.2) is 11.5 Å². The number of nitrogens with one attached hydrogen (secondary N) is 3. The van der Waals surface area contributed by atoms with E-state index in [1.165, 1.54) is 11.6 Å². The Bertz CT molecular complexity index is 2240. The summed E-state index contributed by atoms with van der Waals surface area (Å²) in [7, 11) is 3.40. The number of methoxy groups -OCH3 is 1. The summed E-state index contributed by atoms with van der Waals surface area (Å²) >= 11 is 0. The van der Waals surface area contributed by atoms with E-state index < -0.39 is 23.8 Å². The number of likely N-dealkylation sites (tertiary alicyclic amines) is 1. The Hall–Kier alpha value is -5.64. The number of amides is 3. The van der Waals surface area contributed by atoms with Crippen molar-refractivity contribution in [3.05, 3.63) is 77.1 Å². The number of benzene rings is 3. The molecule has 326 valence electrons. The number of halogens is 3. The molecule has 16 heteroatoms. The van der Waals surface area contributed by atoms with Crippen LogP contribution in [0.25, 0.3) is 10.9 Å². The van der Waals surface area contributed by atoms with Crippen LogP contribution in [0.4, 0.5) is 30.4 Å². The van der Waals surface area contributed by atoms with E-state index in [0.29, 0.717) is 77.9 Å². The number of piperidine rings is 2. The Kier molecular flexibility index (Phi) is 12.9. The van der Waals surface area contributed by atoms with Crippen molar-refractivity contribution in [3.8, 4) is 11.5 Å². The number of hydrogen-bond donors (Lipinski definition) is 4. The summed E-state index contributed by atoms with van der Waals surface area (Å²) in [4.78, 5) is 50.3. The highest BCUT2D eigenvalue weighted by Crippen LogP contribution is 2.47. The van der Waals surface area contributed by atoms with Crippen LogP contribution in [0.1, 0.15) is 92.8 Å². The normalized spacial score (nSPS) is 18.6. The molecule has 61 heavy (non-hydrogen) atoms. The molecule has 7 rings (SSSR count). The molecule has 3 fully saturated rings. The minimum Gasteiger partial charge on any atom is -0.493 e. The van der Waals surface area contributed by atoms with Gasteiger partial charge in [0.05, 0.1) is 30.8 Å². The van der Waals surface area contributed by atoms with E-state index in [4.69, 9.17) is 15.2 Å². The van der Waals surface area contributed by atoms with E-state index in [1.54, 1.807) is 33.1 Å². The first-order chi connectivity index (χ1) is 29.1. The summed E-state index contributed by atoms with van der Waals surface area (Å²) in [5.41, 5.74) is 7.94. The van der Waals surface area contributed by atoms with Gasteiger partial charge in [-0.3, -0.25) is 19.7 Å². The predicted molar refractivity (Wildman–Crippen MR) is 227 cm³/mol. The number of carbonyl (C=O) groups excluding carboxylic acids is 3. The third-order valence-corrected chi connectivity index (χ3v) is 12.2. The number of aromatic nitrogens is 2. The summed E-state index contributed by atoms with van der Waals surface area (Å²) in [5.74, 6) is 1.92. The monoisotopic (exact) mass is 844 g/mol. The number of aryl methyl sites for hydroxylation is 1. The van der Waals surface area contributed by atoms with Crippen LogP contribution >= 0.6 is 0 Å². The largest absolute Gasteiger partial charge is 0.493 e. The van der Waals surface area contributed by atoms with Crippen molar-refractivity contribution in [1.29, 1.82) is 0 Å². The Morgan fingerprint density at radius 2 is 1.79 bits per heavy atom. The molecule has 1 aliphatic carbocycles. The molecular formula is C45H55F3N8O5. The predicted octanol–water partition coefficient (Wildman–Crippen LogP) is 7.22. The number of hydrogen-bond acceptors (Lipinski definition) is 11. The zero-order valence-corrected chi connectivity index (χ0v) is 35.2. The number of nitrogen functional groups attached to an aromatic ring is 1. The fourth-order valence-corrected chi connectivity index (χ4v) is 8.38. The second-order valence-corrected chi connectivity index (χ2v) is 16.9. The molecule has 3 amide bonds. The Balaban J connectivity index is 0.883. The minimum absolute atomic E-state index is 0.0148. The molecule has 1 aromatic heterocycles. The maximum absolute atomic E-state index is 13.6. The number of imide groups is 1. The lowest BCUT2D eigenvalue weighted by molar-refractivity contribution is -0.137. The Morgan fingerprint density at radius 3 is 2.46 bits per heavy atom. The van der Waals surface area contributed by atoms with Gasteiger partial charge in [0.1, 0.15) is 17.7 Å². The molecule has 2 aliphatic heterocycles. The fraction of sp³-hybridized carbons (Fsp3) is 0.489. The number of alkyl halides is 3. The maximum Gasteiger partial charge on any atom is 0.416 e. The first-order valence-corrected chi connectivity index (χ1v) is 21.0. The summed E-state index contributed by atoms with van der Waals surface area (Å²) in [5, 5.41) is 9.50. The number of fused-ring (bicyclic) bond motifs is 1. The van der Waals surface area contributed by atoms with Crippen LogP contribution in [-0.2, 0) is 20.6 Å². The number of anilines is 3. The SMILES string of the molecule is COc1cc2nc(C)nc(N[C@H](C)c3cc(N)cc(C(F)(F)F)c3)c2cc1OCC1(CN(C)C(=O)CCCN2CCC(c3ccc(NC4CCC(=O)NC4=O)cc3)CC2)CC1. The third-order valence-electron chi connectivity index (χ3n) is 12.2. The number of nitrogens with two attached hydrogens (primary N) is 1. The van der Waals surface area contributed by atoms with E-state index in [0.717, 1.165) is 69.6 Å². The number of rotatable bonds is 16. The number of carbonyl (C=O) groups is 3. The van der Waals surface area contributed by atoms with Gasteiger partial charge in [-0.15, -0.1) is 0 Å². The fourth-order valence-electron chi connectivity index (χ4n) is 8.38. The standard InChI is InChI=1S/C45H55F3N8O5/c1-27(31-20-32(45(46,47)48)22-33(49)21-31)50-42-35-23-39(38(60-4)24-37(35)51-28(2)52-42)61-26-44(15-16-44)25-55(3)41(58)6-5-17-56-18-13-30(14-19-56)29-7-9-34(10-8-29)53-36-11-12-40(57)54-43(36)59/h7-10,20-24,27,30,36,53H,5-6,11-19,25-26,49H2,1-4H3,(H,50,51,52)(H,54,57,59)/t27-,36?/m1/s1. The van der Waals surface area contributed by atoms with Gasteiger partial charge in [0, 0.05) is 54.7 Å². The van der Waals surface area contributed by atoms with Gasteiger partial charge in [-0.25, -0.2) is 9.97 Å². The molecule has 5 N–H and O–H groups in total. The molecule has 3 aromatic carbocycles. The van der Waals surface area contributed by atoms with Crippen molar-refractivity contribution in [2.24, 2.45) is 5.41 Å². The zero-order chi connectivity index (χ0) is 43.5. The van der Waals surface area contributed by atoms with Crippen LogP contribution in [0.2, 0.25) is 0 Å². The van der Waals surface area contributed by atoms with Crippen molar-refractivity contribution in [3.63, 3.8) is 0 Å². The lowest BCUT2D eigenvalue weighted by Gasteiger charge is -2.32. The van der Waals surface area contributed by atoms with E-state index in [2.05, 4.69) is 43.0 Å². The molecule has 4 aromatic rings. The van der Waals surface area contributed by atoms with Gasteiger partial charge < -0.3 is 35.6 Å². The van der Waals surface area contributed by atoms with Gasteiger partial charge >= 0.3 is 6.18 Å². The van der Waals surface area contributed by atoms with Crippen LogP contribution in [0.5, 0.6) is 11.5 Å². The van der Waals surface area contributed by atoms with Crippen LogP contribution in [0.15, 0.2) is 54.6 Å². The quantitative estimate of drug-likeness (QED) is 0.0666. The zero-order valence-electron chi connectivity index (χ0n) is 35.2. The first-order valence-electron chi connectivity index (χ1n) is 21.0. The van der Waals surface area contributed by atoms with E-state index in [9.17, 15) is 27.6 Å². The van der Waals surface area contributed by atoms with Crippen molar-refractivity contribution < 1.29 is 37.0 Å². The van der Waals surface area contributed by atoms with Crippen molar-refractivity contribution in [2.75, 3.05) is 63.3 Å². The molecule has 1 unspecified atom stereocenters. The van der Waals surface area contributed by atoms with Crippen molar-refractivity contribution >= 4 is 45.8 Å². The molecular weight excluding hydrogens is 790 g/mol. The topological polar surface area (TPSA) is 164 Å². The lowest BCUT2D eigenvalue weighted by atomic mass is 9.89. The highest BCUT2D eigenvalue weighted by Gasteiger charge is 2.45. The smallest absolute Gasteiger partial charge is 0.416 e. The maximum atomic E-state index is 13.6. The minimum atomic E-state index is -4.54. The van der Waals surface area contributed by atoms with Crippen molar-refractivity contribution in [2.45, 2.75) is 89.4 Å². The first kappa shape index (κ1) is 43.4. The van der Waals surface area contributed by atoms with Gasteiger partial charge in [0.2, 0.25) is 17.7 Å². The summed E-state index contributed by atoms with van der Waals surface area (Å²) in [6, 6.07) is 14.3. The molecule has 13 nitrogen and oxygen atoms in total. The van der Waals surface area contributed by atoms with Gasteiger partial charge in [-0.2, -0.15) is 13.2 Å². The van der Waals surface area contributed by atoms with Gasteiger partial charge in [-0.05, 0) is 125 Å². The van der Waals surface area contributed by atoms with E-state index in [-0.39, 0.29) is 28.8 Å². The van der Waals surface area contributed by atoms with Crippen LogP contribution in [0.3, 0.4) is 0 Å². The summed E-state index contributed by atoms with van der Waals surface area (Å²) in [6.45, 7) is 7.23. The molecule has 2 saturated heterocycles. The Morgan fingerprint density at radius 1 is 1.05 bits per heavy atom. The van der Waals surface area contributed by atoms with Crippen LogP contribution < -0.4 is 31.2 Å². The summed E-state index contributed by atoms with van der Waals surface area (Å²) < 4.78 is 52.8. The average molecular weight is 845 g/mol. The highest BCUT2D eigenvalue weighted by molar-refractivity contribution is 6.01. The molecule has 0 spiro atoms. The molecule has 1 saturated carbocycles. The van der Waals surface area contributed by atoms with Crippen molar-refractivity contribution in [1.82, 2.24) is 25.1 Å². The number of nitrogens with zero attached hydrogens (tertiary/aromatic N) is 4. The lowest BCUT2D eigenvalue weighted by Crippen LogP contribution is -2.47. The Labute approximate surface area is 353 Å². The second-order valence-electron chi connectivity index (χ2n) is 16.9. The third kappa shape index (κ3) is 10.8.